The molecule has 0 saturated carbocycles. The summed E-state index contributed by atoms with van der Waals surface area (Å²) in [6, 6.07) is 17.6. The SMILES string of the molecule is COc1cccc(Cc2ccnc(NC(=O)c3cccc4c3CCN4)c2)c1. The predicted octanol–water partition coefficient (Wildman–Crippen LogP) is 3.90. The van der Waals surface area contributed by atoms with Crippen molar-refractivity contribution in [3.8, 4) is 5.75 Å². The number of ether oxygens (including phenoxy) is 1. The average Bonchev–Trinajstić information content (AvgIpc) is 3.17. The highest BCUT2D eigenvalue weighted by atomic mass is 16.5. The summed E-state index contributed by atoms with van der Waals surface area (Å²) >= 11 is 0. The van der Waals surface area contributed by atoms with Crippen LogP contribution >= 0.6 is 0 Å². The maximum absolute atomic E-state index is 12.7. The van der Waals surface area contributed by atoms with E-state index in [9.17, 15) is 4.79 Å². The molecule has 5 nitrogen and oxygen atoms in total. The summed E-state index contributed by atoms with van der Waals surface area (Å²) in [5.41, 5.74) is 5.04. The van der Waals surface area contributed by atoms with E-state index >= 15 is 0 Å². The summed E-state index contributed by atoms with van der Waals surface area (Å²) < 4.78 is 5.28. The van der Waals surface area contributed by atoms with Crippen molar-refractivity contribution in [3.63, 3.8) is 0 Å². The molecule has 3 aromatic rings. The Balaban J connectivity index is 1.51. The third-order valence-corrected chi connectivity index (χ3v) is 4.72. The summed E-state index contributed by atoms with van der Waals surface area (Å²) in [7, 11) is 1.66. The highest BCUT2D eigenvalue weighted by Gasteiger charge is 2.18. The first-order chi connectivity index (χ1) is 13.2. The van der Waals surface area contributed by atoms with E-state index in [1.807, 2.05) is 48.5 Å². The smallest absolute Gasteiger partial charge is 0.257 e. The summed E-state index contributed by atoms with van der Waals surface area (Å²) in [6.45, 7) is 0.869. The Morgan fingerprint density at radius 3 is 2.89 bits per heavy atom. The van der Waals surface area contributed by atoms with Crippen LogP contribution in [0.3, 0.4) is 0 Å². The average molecular weight is 359 g/mol. The van der Waals surface area contributed by atoms with Gasteiger partial charge < -0.3 is 15.4 Å². The Morgan fingerprint density at radius 1 is 1.15 bits per heavy atom. The first-order valence-electron chi connectivity index (χ1n) is 8.98. The van der Waals surface area contributed by atoms with E-state index in [0.717, 1.165) is 47.5 Å². The molecule has 4 rings (SSSR count). The number of carbonyl (C=O) groups is 1. The largest absolute Gasteiger partial charge is 0.497 e. The number of carbonyl (C=O) groups excluding carboxylic acids is 1. The molecular formula is C22H21N3O2. The molecule has 0 saturated heterocycles. The number of fused-ring (bicyclic) bond motifs is 1. The van der Waals surface area contributed by atoms with Crippen molar-refractivity contribution in [2.45, 2.75) is 12.8 Å². The van der Waals surface area contributed by atoms with Gasteiger partial charge in [-0.2, -0.15) is 0 Å². The Bertz CT molecular complexity index is 985. The zero-order valence-corrected chi connectivity index (χ0v) is 15.2. The summed E-state index contributed by atoms with van der Waals surface area (Å²) in [4.78, 5) is 17.0. The second-order valence-electron chi connectivity index (χ2n) is 6.54. The van der Waals surface area contributed by atoms with Crippen LogP contribution in [0.2, 0.25) is 0 Å². The van der Waals surface area contributed by atoms with Crippen LogP contribution in [-0.4, -0.2) is 24.5 Å². The van der Waals surface area contributed by atoms with Crippen LogP contribution in [0, 0.1) is 0 Å². The van der Waals surface area contributed by atoms with Crippen molar-refractivity contribution < 1.29 is 9.53 Å². The van der Waals surface area contributed by atoms with Gasteiger partial charge in [0.05, 0.1) is 7.11 Å². The van der Waals surface area contributed by atoms with Crippen molar-refractivity contribution in [3.05, 3.63) is 83.0 Å². The molecule has 2 heterocycles. The fourth-order valence-electron chi connectivity index (χ4n) is 3.41. The van der Waals surface area contributed by atoms with Crippen LogP contribution in [0.1, 0.15) is 27.0 Å². The zero-order valence-electron chi connectivity index (χ0n) is 15.2. The second kappa shape index (κ2) is 7.50. The van der Waals surface area contributed by atoms with Crippen LogP contribution in [0.25, 0.3) is 0 Å². The minimum atomic E-state index is -0.124. The van der Waals surface area contributed by atoms with Gasteiger partial charge in [-0.1, -0.05) is 18.2 Å². The molecule has 136 valence electrons. The van der Waals surface area contributed by atoms with Gasteiger partial charge in [-0.15, -0.1) is 0 Å². The molecule has 0 unspecified atom stereocenters. The van der Waals surface area contributed by atoms with E-state index in [1.54, 1.807) is 13.3 Å². The highest BCUT2D eigenvalue weighted by molar-refractivity contribution is 6.06. The number of hydrogen-bond donors (Lipinski definition) is 2. The maximum atomic E-state index is 12.7. The summed E-state index contributed by atoms with van der Waals surface area (Å²) in [5, 5.41) is 6.23. The second-order valence-corrected chi connectivity index (χ2v) is 6.54. The van der Waals surface area contributed by atoms with Gasteiger partial charge >= 0.3 is 0 Å². The molecule has 0 spiro atoms. The summed E-state index contributed by atoms with van der Waals surface area (Å²) in [6.07, 6.45) is 3.33. The lowest BCUT2D eigenvalue weighted by Crippen LogP contribution is -2.15. The van der Waals surface area contributed by atoms with Crippen LogP contribution in [0.4, 0.5) is 11.5 Å². The van der Waals surface area contributed by atoms with Gasteiger partial charge in [0.15, 0.2) is 0 Å². The van der Waals surface area contributed by atoms with Crippen LogP contribution in [0.15, 0.2) is 60.8 Å². The Hall–Kier alpha value is -3.34. The number of amides is 1. The van der Waals surface area contributed by atoms with Crippen molar-refractivity contribution in [2.24, 2.45) is 0 Å². The Morgan fingerprint density at radius 2 is 2.00 bits per heavy atom. The predicted molar refractivity (Wildman–Crippen MR) is 107 cm³/mol. The number of nitrogens with one attached hydrogen (secondary N) is 2. The molecule has 2 aromatic carbocycles. The van der Waals surface area contributed by atoms with Crippen molar-refractivity contribution >= 4 is 17.4 Å². The minimum Gasteiger partial charge on any atom is -0.497 e. The number of pyridine rings is 1. The van der Waals surface area contributed by atoms with Crippen molar-refractivity contribution in [2.75, 3.05) is 24.3 Å². The Kier molecular flexibility index (Phi) is 4.75. The fraction of sp³-hybridized carbons (Fsp3) is 0.182. The minimum absolute atomic E-state index is 0.124. The van der Waals surface area contributed by atoms with Crippen molar-refractivity contribution in [1.82, 2.24) is 4.98 Å². The normalized spacial score (nSPS) is 12.2. The number of rotatable bonds is 5. The third-order valence-electron chi connectivity index (χ3n) is 4.72. The van der Waals surface area contributed by atoms with Gasteiger partial charge in [0, 0.05) is 24.0 Å². The Labute approximate surface area is 158 Å². The van der Waals surface area contributed by atoms with E-state index in [1.165, 1.54) is 0 Å². The standard InChI is InChI=1S/C22H21N3O2/c1-27-17-5-2-4-15(13-17)12-16-8-10-24-21(14-16)25-22(26)19-6-3-7-20-18(19)9-11-23-20/h2-8,10,13-14,23H,9,11-12H2,1H3,(H,24,25,26). The number of aromatic nitrogens is 1. The molecule has 0 fully saturated rings. The third kappa shape index (κ3) is 3.77. The van der Waals surface area contributed by atoms with Crippen LogP contribution in [-0.2, 0) is 12.8 Å². The maximum Gasteiger partial charge on any atom is 0.257 e. The van der Waals surface area contributed by atoms with Gasteiger partial charge in [-0.05, 0) is 65.9 Å². The molecule has 1 aliphatic rings. The van der Waals surface area contributed by atoms with E-state index in [-0.39, 0.29) is 5.91 Å². The lowest BCUT2D eigenvalue weighted by atomic mass is 10.0. The highest BCUT2D eigenvalue weighted by Crippen LogP contribution is 2.26. The zero-order chi connectivity index (χ0) is 18.6. The molecule has 0 radical (unpaired) electrons. The molecule has 5 heteroatoms. The first kappa shape index (κ1) is 17.1. The number of benzene rings is 2. The molecule has 0 bridgehead atoms. The molecule has 2 N–H and O–H groups in total. The molecule has 1 amide bonds. The van der Waals surface area contributed by atoms with Crippen LogP contribution < -0.4 is 15.4 Å². The van der Waals surface area contributed by atoms with Crippen molar-refractivity contribution in [1.29, 1.82) is 0 Å². The monoisotopic (exact) mass is 359 g/mol. The first-order valence-corrected chi connectivity index (χ1v) is 8.98. The quantitative estimate of drug-likeness (QED) is 0.725. The number of methoxy groups -OCH3 is 1. The molecule has 0 atom stereocenters. The molecular weight excluding hydrogens is 338 g/mol. The summed E-state index contributed by atoms with van der Waals surface area (Å²) in [5.74, 6) is 1.27. The number of hydrogen-bond acceptors (Lipinski definition) is 4. The van der Waals surface area contributed by atoms with Crippen LogP contribution in [0.5, 0.6) is 5.75 Å². The van der Waals surface area contributed by atoms with Gasteiger partial charge in [0.2, 0.25) is 0 Å². The van der Waals surface area contributed by atoms with E-state index < -0.39 is 0 Å². The van der Waals surface area contributed by atoms with Gasteiger partial charge in [0.1, 0.15) is 11.6 Å². The van der Waals surface area contributed by atoms with Gasteiger partial charge in [-0.3, -0.25) is 4.79 Å². The lowest BCUT2D eigenvalue weighted by Gasteiger charge is -2.10. The number of nitrogens with zero attached hydrogens (tertiary/aromatic N) is 1. The lowest BCUT2D eigenvalue weighted by molar-refractivity contribution is 0.102. The van der Waals surface area contributed by atoms with E-state index in [0.29, 0.717) is 11.4 Å². The molecule has 0 aliphatic carbocycles. The molecule has 27 heavy (non-hydrogen) atoms. The topological polar surface area (TPSA) is 63.2 Å². The van der Waals surface area contributed by atoms with E-state index in [4.69, 9.17) is 4.74 Å². The number of anilines is 2. The molecule has 1 aliphatic heterocycles. The van der Waals surface area contributed by atoms with Gasteiger partial charge in [-0.25, -0.2) is 4.98 Å². The fourth-order valence-corrected chi connectivity index (χ4v) is 3.41. The van der Waals surface area contributed by atoms with E-state index in [2.05, 4.69) is 21.7 Å². The molecule has 1 aromatic heterocycles. The van der Waals surface area contributed by atoms with Gasteiger partial charge in [0.25, 0.3) is 5.91 Å².